The number of carbonyl (C=O) groups excluding carboxylic acids is 2. The first-order valence-electron chi connectivity index (χ1n) is 9.84. The van der Waals surface area contributed by atoms with Gasteiger partial charge < -0.3 is 5.32 Å². The number of Topliss-reactive ketones (excluding diaryl/α,β-unsaturated/α-hetero) is 1. The molecule has 1 aliphatic carbocycles. The van der Waals surface area contributed by atoms with Crippen molar-refractivity contribution in [2.45, 2.75) is 51.5 Å². The van der Waals surface area contributed by atoms with Crippen LogP contribution in [0.1, 0.15) is 55.8 Å². The molecule has 0 spiro atoms. The van der Waals surface area contributed by atoms with Gasteiger partial charge in [-0.25, -0.2) is 0 Å². The quantitative estimate of drug-likeness (QED) is 0.792. The van der Waals surface area contributed by atoms with E-state index < -0.39 is 0 Å². The molecule has 2 atom stereocenters. The van der Waals surface area contributed by atoms with E-state index in [0.717, 1.165) is 37.9 Å². The van der Waals surface area contributed by atoms with Crippen LogP contribution in [-0.2, 0) is 4.79 Å². The van der Waals surface area contributed by atoms with E-state index >= 15 is 0 Å². The van der Waals surface area contributed by atoms with Gasteiger partial charge in [0.15, 0.2) is 5.78 Å². The predicted octanol–water partition coefficient (Wildman–Crippen LogP) is 3.93. The Kier molecular flexibility index (Phi) is 6.71. The minimum atomic E-state index is 0.0499. The van der Waals surface area contributed by atoms with Gasteiger partial charge in [-0.1, -0.05) is 31.4 Å². The Balaban J connectivity index is 1.44. The number of benzene rings is 1. The molecular weight excluding hydrogens is 348 g/mol. The number of nitrogens with zero attached hydrogens (tertiary/aromatic N) is 1. The van der Waals surface area contributed by atoms with Gasteiger partial charge in [0.1, 0.15) is 0 Å². The molecule has 5 heteroatoms. The molecule has 142 valence electrons. The summed E-state index contributed by atoms with van der Waals surface area (Å²) in [7, 11) is 0. The molecular formula is C21H29ClN2O2. The zero-order chi connectivity index (χ0) is 18.5. The SMILES string of the molecule is C[C@H]1CCCC[C@@H]1NC(=O)CN1CCC(C(=O)c2ccc(Cl)cc2)CC1. The van der Waals surface area contributed by atoms with E-state index in [0.29, 0.717) is 23.5 Å². The summed E-state index contributed by atoms with van der Waals surface area (Å²) in [5.74, 6) is 0.956. The molecule has 0 bridgehead atoms. The van der Waals surface area contributed by atoms with Crippen LogP contribution in [0.3, 0.4) is 0 Å². The van der Waals surface area contributed by atoms with Crippen LogP contribution in [0.2, 0.25) is 5.02 Å². The van der Waals surface area contributed by atoms with E-state index in [4.69, 9.17) is 11.6 Å². The molecule has 1 aromatic rings. The second kappa shape index (κ2) is 9.01. The Bertz CT molecular complexity index is 623. The number of hydrogen-bond donors (Lipinski definition) is 1. The van der Waals surface area contributed by atoms with Gasteiger partial charge in [-0.15, -0.1) is 0 Å². The third kappa shape index (κ3) is 5.08. The molecule has 1 saturated carbocycles. The zero-order valence-electron chi connectivity index (χ0n) is 15.5. The summed E-state index contributed by atoms with van der Waals surface area (Å²) in [6, 6.07) is 7.47. The summed E-state index contributed by atoms with van der Waals surface area (Å²) in [4.78, 5) is 27.1. The fraction of sp³-hybridized carbons (Fsp3) is 0.619. The maximum absolute atomic E-state index is 12.6. The van der Waals surface area contributed by atoms with Crippen molar-refractivity contribution in [3.05, 3.63) is 34.9 Å². The lowest BCUT2D eigenvalue weighted by Gasteiger charge is -2.33. The number of carbonyl (C=O) groups is 2. The van der Waals surface area contributed by atoms with Crippen LogP contribution in [0.15, 0.2) is 24.3 Å². The normalized spacial score (nSPS) is 25.0. The maximum Gasteiger partial charge on any atom is 0.234 e. The van der Waals surface area contributed by atoms with Gasteiger partial charge in [-0.05, 0) is 69.0 Å². The number of hydrogen-bond acceptors (Lipinski definition) is 3. The van der Waals surface area contributed by atoms with Gasteiger partial charge in [-0.2, -0.15) is 0 Å². The van der Waals surface area contributed by atoms with Crippen LogP contribution in [0.5, 0.6) is 0 Å². The van der Waals surface area contributed by atoms with Crippen molar-refractivity contribution in [2.75, 3.05) is 19.6 Å². The minimum absolute atomic E-state index is 0.0499. The van der Waals surface area contributed by atoms with Crippen LogP contribution in [0, 0.1) is 11.8 Å². The standard InChI is InChI=1S/C21H29ClN2O2/c1-15-4-2-3-5-19(15)23-20(25)14-24-12-10-17(11-13-24)21(26)16-6-8-18(22)9-7-16/h6-9,15,17,19H,2-5,10-14H2,1H3,(H,23,25)/t15-,19-/m0/s1. The van der Waals surface area contributed by atoms with Gasteiger partial charge in [0.25, 0.3) is 0 Å². The van der Waals surface area contributed by atoms with Gasteiger partial charge >= 0.3 is 0 Å². The molecule has 2 aliphatic rings. The van der Waals surface area contributed by atoms with Crippen LogP contribution in [-0.4, -0.2) is 42.3 Å². The van der Waals surface area contributed by atoms with E-state index in [-0.39, 0.29) is 17.6 Å². The van der Waals surface area contributed by atoms with Gasteiger partial charge in [-0.3, -0.25) is 14.5 Å². The number of ketones is 1. The number of halogens is 1. The molecule has 1 heterocycles. The fourth-order valence-electron chi connectivity index (χ4n) is 4.19. The van der Waals surface area contributed by atoms with Crippen molar-refractivity contribution in [1.29, 1.82) is 0 Å². The Labute approximate surface area is 161 Å². The second-order valence-electron chi connectivity index (χ2n) is 7.86. The molecule has 3 rings (SSSR count). The lowest BCUT2D eigenvalue weighted by atomic mass is 9.86. The van der Waals surface area contributed by atoms with Crippen LogP contribution < -0.4 is 5.32 Å². The highest BCUT2D eigenvalue weighted by Crippen LogP contribution is 2.24. The molecule has 2 fully saturated rings. The molecule has 1 saturated heterocycles. The molecule has 1 aromatic carbocycles. The second-order valence-corrected chi connectivity index (χ2v) is 8.29. The van der Waals surface area contributed by atoms with E-state index in [9.17, 15) is 9.59 Å². The smallest absolute Gasteiger partial charge is 0.234 e. The molecule has 0 aromatic heterocycles. The Morgan fingerprint density at radius 1 is 1.08 bits per heavy atom. The van der Waals surface area contributed by atoms with Crippen LogP contribution >= 0.6 is 11.6 Å². The molecule has 0 unspecified atom stereocenters. The first-order chi connectivity index (χ1) is 12.5. The first kappa shape index (κ1) is 19.4. The van der Waals surface area contributed by atoms with Crippen LogP contribution in [0.4, 0.5) is 0 Å². The fourth-order valence-corrected chi connectivity index (χ4v) is 4.32. The largest absolute Gasteiger partial charge is 0.352 e. The highest BCUT2D eigenvalue weighted by molar-refractivity contribution is 6.30. The Hall–Kier alpha value is -1.39. The number of piperidine rings is 1. The lowest BCUT2D eigenvalue weighted by molar-refractivity contribution is -0.123. The summed E-state index contributed by atoms with van der Waals surface area (Å²) in [5.41, 5.74) is 0.733. The first-order valence-corrected chi connectivity index (χ1v) is 10.2. The summed E-state index contributed by atoms with van der Waals surface area (Å²) < 4.78 is 0. The maximum atomic E-state index is 12.6. The third-order valence-corrected chi connectivity index (χ3v) is 6.16. The number of nitrogens with one attached hydrogen (secondary N) is 1. The predicted molar refractivity (Wildman–Crippen MR) is 105 cm³/mol. The van der Waals surface area contributed by atoms with Crippen molar-refractivity contribution >= 4 is 23.3 Å². The molecule has 1 aliphatic heterocycles. The van der Waals surface area contributed by atoms with E-state index in [1.807, 2.05) is 0 Å². The molecule has 1 amide bonds. The van der Waals surface area contributed by atoms with Gasteiger partial charge in [0.05, 0.1) is 6.54 Å². The zero-order valence-corrected chi connectivity index (χ0v) is 16.3. The van der Waals surface area contributed by atoms with Crippen molar-refractivity contribution in [2.24, 2.45) is 11.8 Å². The van der Waals surface area contributed by atoms with Gasteiger partial charge in [0.2, 0.25) is 5.91 Å². The summed E-state index contributed by atoms with van der Waals surface area (Å²) in [6.45, 7) is 4.29. The monoisotopic (exact) mass is 376 g/mol. The highest BCUT2D eigenvalue weighted by Gasteiger charge is 2.28. The minimum Gasteiger partial charge on any atom is -0.352 e. The summed E-state index contributed by atoms with van der Waals surface area (Å²) in [6.07, 6.45) is 6.44. The van der Waals surface area contributed by atoms with E-state index in [1.165, 1.54) is 19.3 Å². The Morgan fingerprint density at radius 2 is 1.73 bits per heavy atom. The van der Waals surface area contributed by atoms with Crippen molar-refractivity contribution in [3.8, 4) is 0 Å². The third-order valence-electron chi connectivity index (χ3n) is 5.91. The molecule has 1 N–H and O–H groups in total. The molecule has 0 radical (unpaired) electrons. The molecule has 4 nitrogen and oxygen atoms in total. The molecule has 26 heavy (non-hydrogen) atoms. The van der Waals surface area contributed by atoms with Crippen molar-refractivity contribution < 1.29 is 9.59 Å². The van der Waals surface area contributed by atoms with E-state index in [2.05, 4.69) is 17.1 Å². The van der Waals surface area contributed by atoms with Crippen molar-refractivity contribution in [1.82, 2.24) is 10.2 Å². The topological polar surface area (TPSA) is 49.4 Å². The highest BCUT2D eigenvalue weighted by atomic mass is 35.5. The Morgan fingerprint density at radius 3 is 2.38 bits per heavy atom. The van der Waals surface area contributed by atoms with E-state index in [1.54, 1.807) is 24.3 Å². The average Bonchev–Trinajstić information content (AvgIpc) is 2.64. The average molecular weight is 377 g/mol. The lowest BCUT2D eigenvalue weighted by Crippen LogP contribution is -2.47. The summed E-state index contributed by atoms with van der Waals surface area (Å²) >= 11 is 5.89. The number of amides is 1. The number of rotatable bonds is 5. The number of likely N-dealkylation sites (tertiary alicyclic amines) is 1. The summed E-state index contributed by atoms with van der Waals surface area (Å²) in [5, 5.41) is 3.87. The van der Waals surface area contributed by atoms with Crippen molar-refractivity contribution in [3.63, 3.8) is 0 Å². The van der Waals surface area contributed by atoms with Gasteiger partial charge in [0, 0.05) is 22.5 Å². The van der Waals surface area contributed by atoms with Crippen LogP contribution in [0.25, 0.3) is 0 Å².